The zero-order chi connectivity index (χ0) is 12.8. The third-order valence-corrected chi connectivity index (χ3v) is 2.87. The zero-order valence-corrected chi connectivity index (χ0v) is 9.44. The van der Waals surface area contributed by atoms with Crippen molar-refractivity contribution in [3.05, 3.63) is 33.9 Å². The Balaban J connectivity index is 2.82. The second-order valence-electron chi connectivity index (χ2n) is 3.04. The second kappa shape index (κ2) is 5.86. The van der Waals surface area contributed by atoms with Crippen molar-refractivity contribution in [1.82, 2.24) is 0 Å². The summed E-state index contributed by atoms with van der Waals surface area (Å²) < 4.78 is 0. The van der Waals surface area contributed by atoms with Crippen LogP contribution in [0.3, 0.4) is 0 Å². The molecule has 0 radical (unpaired) electrons. The van der Waals surface area contributed by atoms with Crippen molar-refractivity contribution in [3.63, 3.8) is 0 Å². The quantitative estimate of drug-likeness (QED) is 0.488. The van der Waals surface area contributed by atoms with E-state index in [0.717, 1.165) is 0 Å². The number of nitro benzene ring substituents is 1. The molecular weight excluding hydrogens is 244 g/mol. The Morgan fingerprint density at radius 3 is 2.82 bits per heavy atom. The Kier molecular flexibility index (Phi) is 4.48. The van der Waals surface area contributed by atoms with Gasteiger partial charge in [0.1, 0.15) is 11.6 Å². The average molecular weight is 252 g/mol. The van der Waals surface area contributed by atoms with E-state index in [1.807, 2.05) is 0 Å². The molecule has 0 aliphatic heterocycles. The molecule has 0 heterocycles. The summed E-state index contributed by atoms with van der Waals surface area (Å²) in [6.45, 7) is 0. The minimum Gasteiger partial charge on any atom is -0.481 e. The van der Waals surface area contributed by atoms with E-state index in [-0.39, 0.29) is 17.7 Å². The number of carbonyl (C=O) groups is 1. The number of thioether (sulfide) groups is 1. The van der Waals surface area contributed by atoms with Crippen molar-refractivity contribution in [1.29, 1.82) is 5.26 Å². The van der Waals surface area contributed by atoms with Gasteiger partial charge in [-0.1, -0.05) is 0 Å². The molecule has 1 aromatic rings. The lowest BCUT2D eigenvalue weighted by Gasteiger charge is -2.00. The highest BCUT2D eigenvalue weighted by Gasteiger charge is 2.14. The molecule has 0 fully saturated rings. The molecule has 0 unspecified atom stereocenters. The van der Waals surface area contributed by atoms with Gasteiger partial charge in [0.25, 0.3) is 5.69 Å². The van der Waals surface area contributed by atoms with Crippen LogP contribution in [0.15, 0.2) is 23.1 Å². The Morgan fingerprint density at radius 1 is 1.59 bits per heavy atom. The van der Waals surface area contributed by atoms with Crippen LogP contribution in [0.5, 0.6) is 0 Å². The molecule has 0 atom stereocenters. The van der Waals surface area contributed by atoms with Crippen LogP contribution >= 0.6 is 11.8 Å². The number of nitriles is 1. The Morgan fingerprint density at radius 2 is 2.29 bits per heavy atom. The summed E-state index contributed by atoms with van der Waals surface area (Å²) in [5.74, 6) is -0.584. The van der Waals surface area contributed by atoms with Crippen molar-refractivity contribution < 1.29 is 14.8 Å². The number of nitro groups is 1. The van der Waals surface area contributed by atoms with Gasteiger partial charge < -0.3 is 5.11 Å². The lowest BCUT2D eigenvalue weighted by molar-refractivity contribution is -0.385. The minimum atomic E-state index is -0.916. The van der Waals surface area contributed by atoms with Gasteiger partial charge in [0.15, 0.2) is 0 Å². The monoisotopic (exact) mass is 252 g/mol. The van der Waals surface area contributed by atoms with Gasteiger partial charge >= 0.3 is 5.97 Å². The summed E-state index contributed by atoms with van der Waals surface area (Å²) in [7, 11) is 0. The lowest BCUT2D eigenvalue weighted by atomic mass is 10.2. The molecule has 1 aromatic carbocycles. The molecule has 0 spiro atoms. The highest BCUT2D eigenvalue weighted by molar-refractivity contribution is 7.99. The number of hydrogen-bond donors (Lipinski definition) is 1. The third-order valence-electron chi connectivity index (χ3n) is 1.87. The van der Waals surface area contributed by atoms with Gasteiger partial charge in [0.2, 0.25) is 0 Å². The predicted molar refractivity (Wildman–Crippen MR) is 60.8 cm³/mol. The predicted octanol–water partition coefficient (Wildman–Crippen LogP) is 2.03. The second-order valence-corrected chi connectivity index (χ2v) is 4.21. The van der Waals surface area contributed by atoms with Crippen LogP contribution in [0.1, 0.15) is 12.0 Å². The number of aliphatic carboxylic acids is 1. The summed E-state index contributed by atoms with van der Waals surface area (Å²) >= 11 is 1.20. The molecule has 0 aliphatic rings. The SMILES string of the molecule is N#Cc1ccc(SCCC(=O)O)cc1[N+](=O)[O-]. The number of rotatable bonds is 5. The van der Waals surface area contributed by atoms with E-state index in [1.54, 1.807) is 12.1 Å². The molecule has 0 bridgehead atoms. The van der Waals surface area contributed by atoms with E-state index in [2.05, 4.69) is 0 Å². The smallest absolute Gasteiger partial charge is 0.304 e. The molecule has 0 aromatic heterocycles. The zero-order valence-electron chi connectivity index (χ0n) is 8.62. The maximum Gasteiger partial charge on any atom is 0.304 e. The Labute approximate surface area is 101 Å². The Hall–Kier alpha value is -2.07. The van der Waals surface area contributed by atoms with Gasteiger partial charge in [-0.3, -0.25) is 14.9 Å². The normalized spacial score (nSPS) is 9.59. The fourth-order valence-corrected chi connectivity index (χ4v) is 1.97. The van der Waals surface area contributed by atoms with Crippen LogP contribution in [0.2, 0.25) is 0 Å². The average Bonchev–Trinajstić information content (AvgIpc) is 2.28. The van der Waals surface area contributed by atoms with Crippen LogP contribution in [-0.2, 0) is 4.79 Å². The van der Waals surface area contributed by atoms with Crippen LogP contribution < -0.4 is 0 Å². The standard InChI is InChI=1S/C10H8N2O4S/c11-6-7-1-2-8(5-9(7)12(15)16)17-4-3-10(13)14/h1-2,5H,3-4H2,(H,13,14). The first-order valence-electron chi connectivity index (χ1n) is 4.57. The van der Waals surface area contributed by atoms with E-state index in [9.17, 15) is 14.9 Å². The maximum atomic E-state index is 10.7. The van der Waals surface area contributed by atoms with Gasteiger partial charge in [0.05, 0.1) is 11.3 Å². The molecule has 1 N–H and O–H groups in total. The van der Waals surface area contributed by atoms with Crippen LogP contribution in [0, 0.1) is 21.4 Å². The molecule has 17 heavy (non-hydrogen) atoms. The molecular formula is C10H8N2O4S. The molecule has 0 aliphatic carbocycles. The molecule has 6 nitrogen and oxygen atoms in total. The fourth-order valence-electron chi connectivity index (χ4n) is 1.10. The van der Waals surface area contributed by atoms with Gasteiger partial charge in [-0.25, -0.2) is 0 Å². The van der Waals surface area contributed by atoms with E-state index < -0.39 is 10.9 Å². The van der Waals surface area contributed by atoms with Crippen molar-refractivity contribution in [2.45, 2.75) is 11.3 Å². The van der Waals surface area contributed by atoms with Crippen LogP contribution in [0.25, 0.3) is 0 Å². The first-order chi connectivity index (χ1) is 8.04. The first kappa shape index (κ1) is 13.0. The van der Waals surface area contributed by atoms with Gasteiger partial charge in [0, 0.05) is 16.7 Å². The van der Waals surface area contributed by atoms with Crippen LogP contribution in [-0.4, -0.2) is 21.8 Å². The molecule has 0 saturated heterocycles. The molecule has 0 amide bonds. The van der Waals surface area contributed by atoms with E-state index >= 15 is 0 Å². The molecule has 88 valence electrons. The first-order valence-corrected chi connectivity index (χ1v) is 5.56. The summed E-state index contributed by atoms with van der Waals surface area (Å²) in [6.07, 6.45) is -0.0154. The molecule has 0 saturated carbocycles. The lowest BCUT2D eigenvalue weighted by Crippen LogP contribution is -1.96. The maximum absolute atomic E-state index is 10.7. The van der Waals surface area contributed by atoms with Crippen molar-refractivity contribution in [2.75, 3.05) is 5.75 Å². The fraction of sp³-hybridized carbons (Fsp3) is 0.200. The largest absolute Gasteiger partial charge is 0.481 e. The van der Waals surface area contributed by atoms with E-state index in [4.69, 9.17) is 10.4 Å². The number of carboxylic acid groups (broad SMARTS) is 1. The van der Waals surface area contributed by atoms with E-state index in [0.29, 0.717) is 10.6 Å². The summed E-state index contributed by atoms with van der Waals surface area (Å²) in [5.41, 5.74) is -0.259. The van der Waals surface area contributed by atoms with Gasteiger partial charge in [-0.2, -0.15) is 5.26 Å². The number of carboxylic acids is 1. The third kappa shape index (κ3) is 3.77. The minimum absolute atomic E-state index is 0.00224. The van der Waals surface area contributed by atoms with Crippen molar-refractivity contribution >= 4 is 23.4 Å². The molecule has 1 rings (SSSR count). The number of hydrogen-bond acceptors (Lipinski definition) is 5. The summed E-state index contributed by atoms with van der Waals surface area (Å²) in [5, 5.41) is 27.8. The van der Waals surface area contributed by atoms with Crippen LogP contribution in [0.4, 0.5) is 5.69 Å². The Bertz CT molecular complexity index is 496. The number of benzene rings is 1. The topological polar surface area (TPSA) is 104 Å². The van der Waals surface area contributed by atoms with E-state index in [1.165, 1.54) is 23.9 Å². The van der Waals surface area contributed by atoms with Crippen molar-refractivity contribution in [3.8, 4) is 6.07 Å². The summed E-state index contributed by atoms with van der Waals surface area (Å²) in [4.78, 5) is 20.9. The highest BCUT2D eigenvalue weighted by Crippen LogP contribution is 2.26. The number of nitrogens with zero attached hydrogens (tertiary/aromatic N) is 2. The van der Waals surface area contributed by atoms with Gasteiger partial charge in [-0.15, -0.1) is 11.8 Å². The molecule has 7 heteroatoms. The highest BCUT2D eigenvalue weighted by atomic mass is 32.2. The summed E-state index contributed by atoms with van der Waals surface area (Å²) in [6, 6.07) is 5.95. The van der Waals surface area contributed by atoms with Gasteiger partial charge in [-0.05, 0) is 12.1 Å². The van der Waals surface area contributed by atoms with Crippen molar-refractivity contribution in [2.24, 2.45) is 0 Å².